The van der Waals surface area contributed by atoms with Gasteiger partial charge in [-0.05, 0) is 32.4 Å². The van der Waals surface area contributed by atoms with Crippen LogP contribution in [0.15, 0.2) is 36.4 Å². The molecule has 25 heavy (non-hydrogen) atoms. The monoisotopic (exact) mass is 343 g/mol. The predicted octanol–water partition coefficient (Wildman–Crippen LogP) is 3.50. The Morgan fingerprint density at radius 3 is 2.16 bits per heavy atom. The van der Waals surface area contributed by atoms with Gasteiger partial charge in [0.1, 0.15) is 0 Å². The van der Waals surface area contributed by atoms with Crippen LogP contribution in [-0.4, -0.2) is 36.7 Å². The van der Waals surface area contributed by atoms with Gasteiger partial charge in [-0.3, -0.25) is 0 Å². The van der Waals surface area contributed by atoms with E-state index in [9.17, 15) is 9.59 Å². The van der Waals surface area contributed by atoms with Crippen molar-refractivity contribution in [3.63, 3.8) is 0 Å². The summed E-state index contributed by atoms with van der Waals surface area (Å²) in [4.78, 5) is 28.8. The Morgan fingerprint density at radius 2 is 1.56 bits per heavy atom. The number of hydrogen-bond donors (Lipinski definition) is 0. The molecule has 2 aromatic rings. The van der Waals surface area contributed by atoms with Gasteiger partial charge in [-0.1, -0.05) is 30.3 Å². The Balaban J connectivity index is 2.65. The van der Waals surface area contributed by atoms with E-state index in [1.807, 2.05) is 37.3 Å². The van der Waals surface area contributed by atoms with E-state index in [-0.39, 0.29) is 30.4 Å². The maximum Gasteiger partial charge on any atom is 0.357 e. The van der Waals surface area contributed by atoms with Crippen LogP contribution in [0.25, 0.3) is 11.1 Å². The van der Waals surface area contributed by atoms with Crippen molar-refractivity contribution in [3.8, 4) is 17.0 Å². The lowest BCUT2D eigenvalue weighted by Crippen LogP contribution is -2.17. The average molecular weight is 343 g/mol. The summed E-state index contributed by atoms with van der Waals surface area (Å²) in [6.45, 7) is 5.93. The molecule has 0 amide bonds. The van der Waals surface area contributed by atoms with Crippen molar-refractivity contribution in [1.29, 1.82) is 0 Å². The molecule has 0 N–H and O–H groups in total. The number of carbonyl (C=O) groups excluding carboxylic acids is 2. The molecule has 0 unspecified atom stereocenters. The molecule has 6 nitrogen and oxygen atoms in total. The Bertz CT molecular complexity index is 743. The average Bonchev–Trinajstić information content (AvgIpc) is 2.62. The maximum absolute atomic E-state index is 12.3. The minimum Gasteiger partial charge on any atom is -0.478 e. The zero-order valence-electron chi connectivity index (χ0n) is 14.6. The fraction of sp³-hybridized carbons (Fsp3) is 0.316. The van der Waals surface area contributed by atoms with Crippen LogP contribution < -0.4 is 4.74 Å². The molecule has 1 aromatic carbocycles. The van der Waals surface area contributed by atoms with Crippen LogP contribution in [0.4, 0.5) is 0 Å². The number of pyridine rings is 1. The standard InChI is InChI=1S/C19H21NO5/c1-4-23-17-14(13-10-8-7-9-11-13)12-15(18(21)24-5-2)16(20-17)19(22)25-6-3/h7-12H,4-6H2,1-3H3. The van der Waals surface area contributed by atoms with Gasteiger partial charge in [-0.25, -0.2) is 14.6 Å². The summed E-state index contributed by atoms with van der Waals surface area (Å²) in [5.41, 5.74) is 1.38. The van der Waals surface area contributed by atoms with Crippen molar-refractivity contribution in [3.05, 3.63) is 47.7 Å². The Hall–Kier alpha value is -2.89. The second-order valence-corrected chi connectivity index (χ2v) is 4.98. The van der Waals surface area contributed by atoms with Crippen LogP contribution >= 0.6 is 0 Å². The Labute approximate surface area is 146 Å². The van der Waals surface area contributed by atoms with Crippen LogP contribution in [0.1, 0.15) is 41.6 Å². The molecule has 0 aliphatic rings. The van der Waals surface area contributed by atoms with E-state index in [1.165, 1.54) is 0 Å². The summed E-state index contributed by atoms with van der Waals surface area (Å²) in [6, 6.07) is 10.9. The van der Waals surface area contributed by atoms with Crippen molar-refractivity contribution in [2.75, 3.05) is 19.8 Å². The van der Waals surface area contributed by atoms with Gasteiger partial charge in [0.15, 0.2) is 5.69 Å². The molecule has 1 heterocycles. The van der Waals surface area contributed by atoms with Crippen molar-refractivity contribution in [2.45, 2.75) is 20.8 Å². The highest BCUT2D eigenvalue weighted by molar-refractivity contribution is 6.03. The van der Waals surface area contributed by atoms with Gasteiger partial charge in [0.25, 0.3) is 0 Å². The number of esters is 2. The first-order valence-electron chi connectivity index (χ1n) is 8.19. The number of carbonyl (C=O) groups is 2. The van der Waals surface area contributed by atoms with Gasteiger partial charge in [-0.15, -0.1) is 0 Å². The Kier molecular flexibility index (Phi) is 6.51. The molecule has 0 radical (unpaired) electrons. The molecule has 0 saturated heterocycles. The molecule has 1 aromatic heterocycles. The van der Waals surface area contributed by atoms with Crippen LogP contribution in [0.2, 0.25) is 0 Å². The largest absolute Gasteiger partial charge is 0.478 e. The third-order valence-electron chi connectivity index (χ3n) is 3.32. The van der Waals surface area contributed by atoms with Gasteiger partial charge in [0, 0.05) is 5.56 Å². The van der Waals surface area contributed by atoms with Gasteiger partial charge in [0.05, 0.1) is 25.4 Å². The first kappa shape index (κ1) is 18.4. The number of benzene rings is 1. The highest BCUT2D eigenvalue weighted by atomic mass is 16.5. The minimum absolute atomic E-state index is 0.0580. The first-order chi connectivity index (χ1) is 12.1. The molecule has 2 rings (SSSR count). The maximum atomic E-state index is 12.3. The lowest BCUT2D eigenvalue weighted by Gasteiger charge is -2.14. The number of ether oxygens (including phenoxy) is 3. The quantitative estimate of drug-likeness (QED) is 0.716. The van der Waals surface area contributed by atoms with Gasteiger partial charge < -0.3 is 14.2 Å². The van der Waals surface area contributed by atoms with Crippen LogP contribution in [-0.2, 0) is 9.47 Å². The molecule has 6 heteroatoms. The molecule has 0 fully saturated rings. The third-order valence-corrected chi connectivity index (χ3v) is 3.32. The highest BCUT2D eigenvalue weighted by Gasteiger charge is 2.25. The van der Waals surface area contributed by atoms with Gasteiger partial charge in [-0.2, -0.15) is 0 Å². The van der Waals surface area contributed by atoms with E-state index in [0.717, 1.165) is 5.56 Å². The summed E-state index contributed by atoms with van der Waals surface area (Å²) in [5, 5.41) is 0. The fourth-order valence-electron chi connectivity index (χ4n) is 2.29. The predicted molar refractivity (Wildman–Crippen MR) is 92.8 cm³/mol. The van der Waals surface area contributed by atoms with Crippen LogP contribution in [0.3, 0.4) is 0 Å². The van der Waals surface area contributed by atoms with Crippen molar-refractivity contribution >= 4 is 11.9 Å². The zero-order valence-corrected chi connectivity index (χ0v) is 14.6. The molecule has 0 atom stereocenters. The molecule has 0 saturated carbocycles. The summed E-state index contributed by atoms with van der Waals surface area (Å²) >= 11 is 0. The molecule has 0 spiro atoms. The van der Waals surface area contributed by atoms with Crippen molar-refractivity contribution in [2.24, 2.45) is 0 Å². The van der Waals surface area contributed by atoms with E-state index < -0.39 is 11.9 Å². The number of rotatable bonds is 7. The topological polar surface area (TPSA) is 74.7 Å². The fourth-order valence-corrected chi connectivity index (χ4v) is 2.29. The van der Waals surface area contributed by atoms with Crippen molar-refractivity contribution < 1.29 is 23.8 Å². The first-order valence-corrected chi connectivity index (χ1v) is 8.19. The molecular weight excluding hydrogens is 322 g/mol. The van der Waals surface area contributed by atoms with E-state index in [1.54, 1.807) is 19.9 Å². The second kappa shape index (κ2) is 8.82. The third kappa shape index (κ3) is 4.35. The summed E-state index contributed by atoms with van der Waals surface area (Å²) < 4.78 is 15.7. The minimum atomic E-state index is -0.689. The van der Waals surface area contributed by atoms with Crippen molar-refractivity contribution in [1.82, 2.24) is 4.98 Å². The van der Waals surface area contributed by atoms with E-state index in [0.29, 0.717) is 12.2 Å². The van der Waals surface area contributed by atoms with Gasteiger partial charge >= 0.3 is 11.9 Å². The summed E-state index contributed by atoms with van der Waals surface area (Å²) in [6.07, 6.45) is 0. The lowest BCUT2D eigenvalue weighted by atomic mass is 10.0. The SMILES string of the molecule is CCOC(=O)c1cc(-c2ccccc2)c(OCC)nc1C(=O)OCC. The highest BCUT2D eigenvalue weighted by Crippen LogP contribution is 2.31. The van der Waals surface area contributed by atoms with E-state index >= 15 is 0 Å². The van der Waals surface area contributed by atoms with Crippen LogP contribution in [0, 0.1) is 0 Å². The molecule has 0 aliphatic carbocycles. The molecular formula is C19H21NO5. The Morgan fingerprint density at radius 1 is 0.920 bits per heavy atom. The molecule has 132 valence electrons. The van der Waals surface area contributed by atoms with Gasteiger partial charge in [0.2, 0.25) is 5.88 Å². The molecule has 0 bridgehead atoms. The van der Waals surface area contributed by atoms with E-state index in [2.05, 4.69) is 4.98 Å². The number of hydrogen-bond acceptors (Lipinski definition) is 6. The lowest BCUT2D eigenvalue weighted by molar-refractivity contribution is 0.0472. The summed E-state index contributed by atoms with van der Waals surface area (Å²) in [7, 11) is 0. The number of nitrogens with zero attached hydrogens (tertiary/aromatic N) is 1. The summed E-state index contributed by atoms with van der Waals surface area (Å²) in [5.74, 6) is -1.05. The van der Waals surface area contributed by atoms with E-state index in [4.69, 9.17) is 14.2 Å². The van der Waals surface area contributed by atoms with Crippen LogP contribution in [0.5, 0.6) is 5.88 Å². The zero-order chi connectivity index (χ0) is 18.2. The number of aromatic nitrogens is 1. The molecule has 0 aliphatic heterocycles. The smallest absolute Gasteiger partial charge is 0.357 e. The second-order valence-electron chi connectivity index (χ2n) is 4.98. The normalized spacial score (nSPS) is 10.2.